The fourth-order valence-corrected chi connectivity index (χ4v) is 2.16. The third-order valence-corrected chi connectivity index (χ3v) is 3.32. The lowest BCUT2D eigenvalue weighted by molar-refractivity contribution is 0.0523. The third kappa shape index (κ3) is 4.99. The highest BCUT2D eigenvalue weighted by molar-refractivity contribution is 6.35. The highest BCUT2D eigenvalue weighted by Gasteiger charge is 2.18. The molecule has 0 radical (unpaired) electrons. The van der Waals surface area contributed by atoms with E-state index >= 15 is 0 Å². The fraction of sp³-hybridized carbons (Fsp3) is 0.312. The number of aromatic nitrogens is 2. The Bertz CT molecular complexity index is 723. The van der Waals surface area contributed by atoms with Gasteiger partial charge in [0.1, 0.15) is 5.60 Å². The molecule has 24 heavy (non-hydrogen) atoms. The summed E-state index contributed by atoms with van der Waals surface area (Å²) in [5, 5.41) is 5.47. The Labute approximate surface area is 144 Å². The van der Waals surface area contributed by atoms with Gasteiger partial charge in [0.05, 0.1) is 10.6 Å². The number of hydrogen-bond acceptors (Lipinski definition) is 4. The molecule has 128 valence electrons. The molecule has 1 aromatic carbocycles. The summed E-state index contributed by atoms with van der Waals surface area (Å²) in [6, 6.07) is 5.01. The molecular formula is C16H19ClN4O3. The van der Waals surface area contributed by atoms with Gasteiger partial charge < -0.3 is 15.0 Å². The number of hydrogen-bond donors (Lipinski definition) is 3. The summed E-state index contributed by atoms with van der Waals surface area (Å²) in [4.78, 5) is 30.6. The molecule has 0 aliphatic rings. The molecule has 0 saturated carbocycles. The number of imidazole rings is 1. The molecule has 7 nitrogen and oxygen atoms in total. The number of rotatable bonds is 4. The Hall–Kier alpha value is -2.54. The molecule has 0 unspecified atom stereocenters. The second kappa shape index (κ2) is 7.35. The van der Waals surface area contributed by atoms with Crippen LogP contribution < -0.4 is 10.6 Å². The van der Waals surface area contributed by atoms with Gasteiger partial charge in [0.2, 0.25) is 5.95 Å². The van der Waals surface area contributed by atoms with Crippen molar-refractivity contribution in [2.45, 2.75) is 32.9 Å². The van der Waals surface area contributed by atoms with Gasteiger partial charge >= 0.3 is 6.09 Å². The first kappa shape index (κ1) is 17.8. The van der Waals surface area contributed by atoms with E-state index in [1.165, 1.54) is 6.20 Å². The first-order valence-electron chi connectivity index (χ1n) is 7.31. The lowest BCUT2D eigenvalue weighted by Gasteiger charge is -2.20. The summed E-state index contributed by atoms with van der Waals surface area (Å²) in [7, 11) is 0. The van der Waals surface area contributed by atoms with Gasteiger partial charge in [-0.05, 0) is 32.4 Å². The number of halogens is 1. The molecule has 2 aromatic rings. The quantitative estimate of drug-likeness (QED) is 0.787. The summed E-state index contributed by atoms with van der Waals surface area (Å²) in [5.74, 6) is -0.0672. The molecule has 0 fully saturated rings. The summed E-state index contributed by atoms with van der Waals surface area (Å²) in [5.41, 5.74) is 0.310. The summed E-state index contributed by atoms with van der Waals surface area (Å²) >= 11 is 6.28. The smallest absolute Gasteiger partial charge is 0.407 e. The summed E-state index contributed by atoms with van der Waals surface area (Å²) in [6.07, 6.45) is 2.57. The van der Waals surface area contributed by atoms with E-state index in [0.717, 1.165) is 0 Å². The van der Waals surface area contributed by atoms with E-state index in [9.17, 15) is 9.59 Å². The lowest BCUT2D eigenvalue weighted by atomic mass is 10.1. The zero-order valence-corrected chi connectivity index (χ0v) is 14.4. The third-order valence-electron chi connectivity index (χ3n) is 2.88. The van der Waals surface area contributed by atoms with Gasteiger partial charge in [-0.3, -0.25) is 10.1 Å². The van der Waals surface area contributed by atoms with Crippen molar-refractivity contribution in [2.24, 2.45) is 0 Å². The lowest BCUT2D eigenvalue weighted by Crippen LogP contribution is -2.32. The number of carbonyl (C=O) groups excluding carboxylic acids is 2. The van der Waals surface area contributed by atoms with Gasteiger partial charge in [-0.1, -0.05) is 23.7 Å². The monoisotopic (exact) mass is 350 g/mol. The van der Waals surface area contributed by atoms with Crippen molar-refractivity contribution in [3.63, 3.8) is 0 Å². The van der Waals surface area contributed by atoms with E-state index < -0.39 is 17.6 Å². The molecule has 2 amide bonds. The molecule has 0 saturated heterocycles. The molecule has 0 spiro atoms. The van der Waals surface area contributed by atoms with Crippen LogP contribution in [0.2, 0.25) is 5.02 Å². The second-order valence-electron chi connectivity index (χ2n) is 6.03. The van der Waals surface area contributed by atoms with Crippen molar-refractivity contribution in [1.82, 2.24) is 15.3 Å². The van der Waals surface area contributed by atoms with E-state index in [4.69, 9.17) is 16.3 Å². The molecule has 3 N–H and O–H groups in total. The number of nitrogens with one attached hydrogen (secondary N) is 3. The average molecular weight is 351 g/mol. The summed E-state index contributed by atoms with van der Waals surface area (Å²) in [6.45, 7) is 5.48. The van der Waals surface area contributed by atoms with E-state index in [-0.39, 0.29) is 17.1 Å². The zero-order chi connectivity index (χ0) is 17.7. The van der Waals surface area contributed by atoms with Crippen LogP contribution in [-0.4, -0.2) is 27.6 Å². The minimum Gasteiger partial charge on any atom is -0.444 e. The van der Waals surface area contributed by atoms with Gasteiger partial charge in [0.15, 0.2) is 0 Å². The van der Waals surface area contributed by atoms with Crippen molar-refractivity contribution in [3.8, 4) is 0 Å². The Morgan fingerprint density at radius 2 is 2.08 bits per heavy atom. The predicted octanol–water partition coefficient (Wildman–Crippen LogP) is 3.34. The van der Waals surface area contributed by atoms with Crippen molar-refractivity contribution >= 4 is 29.5 Å². The standard InChI is InChI=1S/C16H19ClN4O3/c1-16(2,3)24-15(23)20-9-10-5-4-6-11(12(10)17)13(22)21-14-18-7-8-19-14/h4-8H,9H2,1-3H3,(H,20,23)(H2,18,19,21,22). The highest BCUT2D eigenvalue weighted by Crippen LogP contribution is 2.22. The minimum atomic E-state index is -0.585. The number of anilines is 1. The van der Waals surface area contributed by atoms with Crippen LogP contribution in [0.1, 0.15) is 36.7 Å². The van der Waals surface area contributed by atoms with Crippen LogP contribution in [0, 0.1) is 0 Å². The van der Waals surface area contributed by atoms with Gasteiger partial charge in [-0.25, -0.2) is 9.78 Å². The number of benzene rings is 1. The van der Waals surface area contributed by atoms with E-state index in [1.54, 1.807) is 45.2 Å². The van der Waals surface area contributed by atoms with E-state index in [1.807, 2.05) is 0 Å². The van der Waals surface area contributed by atoms with Gasteiger partial charge in [-0.2, -0.15) is 0 Å². The number of ether oxygens (including phenoxy) is 1. The Morgan fingerprint density at radius 1 is 1.33 bits per heavy atom. The molecule has 0 atom stereocenters. The van der Waals surface area contributed by atoms with Crippen molar-refractivity contribution in [1.29, 1.82) is 0 Å². The number of carbonyl (C=O) groups is 2. The largest absolute Gasteiger partial charge is 0.444 e. The Morgan fingerprint density at radius 3 is 2.71 bits per heavy atom. The molecule has 1 aromatic heterocycles. The molecule has 1 heterocycles. The van der Waals surface area contributed by atoms with Gasteiger partial charge in [0, 0.05) is 18.9 Å². The van der Waals surface area contributed by atoms with Gasteiger partial charge in [-0.15, -0.1) is 0 Å². The van der Waals surface area contributed by atoms with Crippen LogP contribution in [0.15, 0.2) is 30.6 Å². The molecule has 0 aliphatic heterocycles. The molecule has 2 rings (SSSR count). The van der Waals surface area contributed by atoms with E-state index in [0.29, 0.717) is 11.5 Å². The van der Waals surface area contributed by atoms with Crippen LogP contribution in [0.4, 0.5) is 10.7 Å². The zero-order valence-electron chi connectivity index (χ0n) is 13.6. The minimum absolute atomic E-state index is 0.148. The number of amides is 2. The van der Waals surface area contributed by atoms with Crippen molar-refractivity contribution in [3.05, 3.63) is 46.7 Å². The van der Waals surface area contributed by atoms with Crippen LogP contribution in [0.3, 0.4) is 0 Å². The maximum absolute atomic E-state index is 12.2. The van der Waals surface area contributed by atoms with Crippen LogP contribution >= 0.6 is 11.6 Å². The summed E-state index contributed by atoms with van der Waals surface area (Å²) < 4.78 is 5.16. The van der Waals surface area contributed by atoms with E-state index in [2.05, 4.69) is 20.6 Å². The maximum atomic E-state index is 12.2. The topological polar surface area (TPSA) is 96.1 Å². The molecular weight excluding hydrogens is 332 g/mol. The van der Waals surface area contributed by atoms with Crippen LogP contribution in [-0.2, 0) is 11.3 Å². The Balaban J connectivity index is 2.05. The average Bonchev–Trinajstić information content (AvgIpc) is 2.97. The number of H-pyrrole nitrogens is 1. The number of nitrogens with zero attached hydrogens (tertiary/aromatic N) is 1. The predicted molar refractivity (Wildman–Crippen MR) is 91.1 cm³/mol. The molecule has 0 aliphatic carbocycles. The van der Waals surface area contributed by atoms with Crippen LogP contribution in [0.5, 0.6) is 0 Å². The molecule has 8 heteroatoms. The SMILES string of the molecule is CC(C)(C)OC(=O)NCc1cccc(C(=O)Nc2ncc[nH]2)c1Cl. The highest BCUT2D eigenvalue weighted by atomic mass is 35.5. The first-order valence-corrected chi connectivity index (χ1v) is 7.69. The van der Waals surface area contributed by atoms with Crippen molar-refractivity contribution < 1.29 is 14.3 Å². The Kier molecular flexibility index (Phi) is 5.46. The maximum Gasteiger partial charge on any atom is 0.407 e. The second-order valence-corrected chi connectivity index (χ2v) is 6.40. The van der Waals surface area contributed by atoms with Crippen molar-refractivity contribution in [2.75, 3.05) is 5.32 Å². The van der Waals surface area contributed by atoms with Gasteiger partial charge in [0.25, 0.3) is 5.91 Å². The number of aromatic amines is 1. The number of alkyl carbamates (subject to hydrolysis) is 1. The fourth-order valence-electron chi connectivity index (χ4n) is 1.88. The first-order chi connectivity index (χ1) is 11.3. The van der Waals surface area contributed by atoms with Crippen LogP contribution in [0.25, 0.3) is 0 Å². The normalized spacial score (nSPS) is 11.0. The molecule has 0 bridgehead atoms.